The molecule has 0 radical (unpaired) electrons. The molecule has 1 aliphatic rings. The molecule has 4 aromatic rings. The minimum atomic E-state index is 0.301. The summed E-state index contributed by atoms with van der Waals surface area (Å²) in [5, 5.41) is 2.44. The summed E-state index contributed by atoms with van der Waals surface area (Å²) < 4.78 is 12.1. The molecule has 0 bridgehead atoms. The van der Waals surface area contributed by atoms with Crippen LogP contribution in [-0.2, 0) is 6.61 Å². The van der Waals surface area contributed by atoms with Crippen LogP contribution >= 0.6 is 0 Å². The maximum atomic E-state index is 6.08. The summed E-state index contributed by atoms with van der Waals surface area (Å²) in [6.45, 7) is 6.51. The van der Waals surface area contributed by atoms with Crippen LogP contribution in [0.3, 0.4) is 0 Å². The van der Waals surface area contributed by atoms with Gasteiger partial charge in [0.1, 0.15) is 5.75 Å². The average molecular weight is 414 g/mol. The van der Waals surface area contributed by atoms with Gasteiger partial charge >= 0.3 is 0 Å². The third kappa shape index (κ3) is 4.14. The van der Waals surface area contributed by atoms with Crippen molar-refractivity contribution in [1.29, 1.82) is 0 Å². The first kappa shape index (κ1) is 19.6. The topological polar surface area (TPSA) is 41.7 Å². The molecule has 0 unspecified atom stereocenters. The second-order valence-electron chi connectivity index (χ2n) is 8.13. The van der Waals surface area contributed by atoms with Crippen LogP contribution in [0.2, 0.25) is 0 Å². The lowest BCUT2D eigenvalue weighted by molar-refractivity contribution is 0.265. The molecule has 2 heterocycles. The fourth-order valence-corrected chi connectivity index (χ4v) is 4.16. The Bertz CT molecular complexity index is 1180. The molecule has 1 fully saturated rings. The fourth-order valence-electron chi connectivity index (χ4n) is 4.16. The Kier molecular flexibility index (Phi) is 5.35. The molecule has 0 N–H and O–H groups in total. The zero-order chi connectivity index (χ0) is 21.2. The molecule has 0 amide bonds. The molecule has 1 saturated heterocycles. The molecule has 0 atom stereocenters. The van der Waals surface area contributed by atoms with Crippen LogP contribution in [0.25, 0.3) is 22.1 Å². The Balaban J connectivity index is 1.36. The van der Waals surface area contributed by atoms with E-state index >= 15 is 0 Å². The van der Waals surface area contributed by atoms with E-state index < -0.39 is 0 Å². The van der Waals surface area contributed by atoms with Gasteiger partial charge in [-0.05, 0) is 37.6 Å². The van der Waals surface area contributed by atoms with Gasteiger partial charge in [-0.2, -0.15) is 0 Å². The third-order valence-electron chi connectivity index (χ3n) is 5.91. The van der Waals surface area contributed by atoms with Crippen LogP contribution in [0.15, 0.2) is 71.1 Å². The zero-order valence-corrected chi connectivity index (χ0v) is 18.0. The first-order valence-electron chi connectivity index (χ1n) is 10.8. The Labute approximate surface area is 182 Å². The molecule has 5 rings (SSSR count). The van der Waals surface area contributed by atoms with Crippen molar-refractivity contribution in [2.45, 2.75) is 13.5 Å². The van der Waals surface area contributed by atoms with E-state index in [4.69, 9.17) is 9.15 Å². The Morgan fingerprint density at radius 3 is 2.55 bits per heavy atom. The number of oxazole rings is 1. The van der Waals surface area contributed by atoms with Crippen LogP contribution in [0.4, 0.5) is 5.69 Å². The predicted molar refractivity (Wildman–Crippen MR) is 125 cm³/mol. The summed E-state index contributed by atoms with van der Waals surface area (Å²) in [6, 6.07) is 22.8. The van der Waals surface area contributed by atoms with E-state index in [1.807, 2.05) is 43.3 Å². The number of ether oxygens (including phenoxy) is 1. The number of benzene rings is 3. The highest BCUT2D eigenvalue weighted by molar-refractivity contribution is 5.95. The summed E-state index contributed by atoms with van der Waals surface area (Å²) in [5.74, 6) is 2.21. The lowest BCUT2D eigenvalue weighted by atomic mass is 10.1. The summed E-state index contributed by atoms with van der Waals surface area (Å²) in [6.07, 6.45) is 0. The first-order valence-corrected chi connectivity index (χ1v) is 10.8. The van der Waals surface area contributed by atoms with Crippen LogP contribution in [0, 0.1) is 6.92 Å². The lowest BCUT2D eigenvalue weighted by Crippen LogP contribution is -2.44. The molecule has 31 heavy (non-hydrogen) atoms. The highest BCUT2D eigenvalue weighted by Crippen LogP contribution is 2.31. The first-order chi connectivity index (χ1) is 15.2. The van der Waals surface area contributed by atoms with Gasteiger partial charge in [-0.25, -0.2) is 4.98 Å². The largest absolute Gasteiger partial charge is 0.484 e. The van der Waals surface area contributed by atoms with Crippen molar-refractivity contribution in [2.75, 3.05) is 38.1 Å². The highest BCUT2D eigenvalue weighted by Gasteiger charge is 2.17. The van der Waals surface area contributed by atoms with Crippen LogP contribution in [-0.4, -0.2) is 43.1 Å². The van der Waals surface area contributed by atoms with Crippen molar-refractivity contribution in [2.24, 2.45) is 0 Å². The number of piperazine rings is 1. The minimum Gasteiger partial charge on any atom is -0.484 e. The van der Waals surface area contributed by atoms with Crippen molar-refractivity contribution in [3.63, 3.8) is 0 Å². The number of hydrogen-bond acceptors (Lipinski definition) is 5. The molecule has 0 aliphatic carbocycles. The second kappa shape index (κ2) is 8.44. The summed E-state index contributed by atoms with van der Waals surface area (Å²) in [4.78, 5) is 9.40. The molecular formula is C26H27N3O2. The van der Waals surface area contributed by atoms with Gasteiger partial charge in [0.2, 0.25) is 5.89 Å². The maximum absolute atomic E-state index is 6.08. The SMILES string of the molecule is Cc1nc(COc2ccc3cccc(N4CCN(C)CC4)c3c2)oc1-c1ccccc1. The summed E-state index contributed by atoms with van der Waals surface area (Å²) >= 11 is 0. The number of likely N-dealkylation sites (N-methyl/N-ethyl adjacent to an activating group) is 1. The normalized spacial score (nSPS) is 14.8. The van der Waals surface area contributed by atoms with E-state index in [-0.39, 0.29) is 0 Å². The van der Waals surface area contributed by atoms with E-state index in [1.54, 1.807) is 0 Å². The molecular weight excluding hydrogens is 386 g/mol. The van der Waals surface area contributed by atoms with Gasteiger partial charge in [0.05, 0.1) is 5.69 Å². The van der Waals surface area contributed by atoms with Crippen LogP contribution in [0.1, 0.15) is 11.6 Å². The van der Waals surface area contributed by atoms with Crippen molar-refractivity contribution in [1.82, 2.24) is 9.88 Å². The zero-order valence-electron chi connectivity index (χ0n) is 18.0. The lowest BCUT2D eigenvalue weighted by Gasteiger charge is -2.34. The van der Waals surface area contributed by atoms with Gasteiger partial charge in [-0.1, -0.05) is 48.5 Å². The Morgan fingerprint density at radius 2 is 1.74 bits per heavy atom. The molecule has 3 aromatic carbocycles. The molecule has 1 aliphatic heterocycles. The minimum absolute atomic E-state index is 0.301. The molecule has 158 valence electrons. The average Bonchev–Trinajstić information content (AvgIpc) is 3.19. The fraction of sp³-hybridized carbons (Fsp3) is 0.269. The Morgan fingerprint density at radius 1 is 0.935 bits per heavy atom. The van der Waals surface area contributed by atoms with Crippen molar-refractivity contribution < 1.29 is 9.15 Å². The van der Waals surface area contributed by atoms with E-state index in [0.717, 1.165) is 48.9 Å². The van der Waals surface area contributed by atoms with Gasteiger partial charge in [0, 0.05) is 42.8 Å². The van der Waals surface area contributed by atoms with Crippen molar-refractivity contribution in [3.8, 4) is 17.1 Å². The van der Waals surface area contributed by atoms with E-state index in [0.29, 0.717) is 12.5 Å². The number of fused-ring (bicyclic) bond motifs is 1. The molecule has 5 nitrogen and oxygen atoms in total. The van der Waals surface area contributed by atoms with E-state index in [1.165, 1.54) is 16.5 Å². The number of aromatic nitrogens is 1. The third-order valence-corrected chi connectivity index (χ3v) is 5.91. The molecule has 1 aromatic heterocycles. The van der Waals surface area contributed by atoms with Crippen molar-refractivity contribution in [3.05, 3.63) is 78.3 Å². The molecule has 0 spiro atoms. The monoisotopic (exact) mass is 413 g/mol. The smallest absolute Gasteiger partial charge is 0.233 e. The quantitative estimate of drug-likeness (QED) is 0.453. The molecule has 0 saturated carbocycles. The predicted octanol–water partition coefficient (Wildman–Crippen LogP) is 5.13. The summed E-state index contributed by atoms with van der Waals surface area (Å²) in [7, 11) is 2.18. The maximum Gasteiger partial charge on any atom is 0.233 e. The second-order valence-corrected chi connectivity index (χ2v) is 8.13. The van der Waals surface area contributed by atoms with E-state index in [9.17, 15) is 0 Å². The van der Waals surface area contributed by atoms with Gasteiger partial charge in [0.25, 0.3) is 0 Å². The number of anilines is 1. The Hall–Kier alpha value is -3.31. The van der Waals surface area contributed by atoms with Crippen molar-refractivity contribution >= 4 is 16.5 Å². The molecule has 5 heteroatoms. The number of nitrogens with zero attached hydrogens (tertiary/aromatic N) is 3. The standard InChI is InChI=1S/C26H27N3O2/c1-19-26(21-7-4-3-5-8-21)31-25(27-19)18-30-22-12-11-20-9-6-10-24(23(20)17-22)29-15-13-28(2)14-16-29/h3-12,17H,13-16,18H2,1-2H3. The van der Waals surface area contributed by atoms with Crippen LogP contribution in [0.5, 0.6) is 5.75 Å². The number of rotatable bonds is 5. The summed E-state index contributed by atoms with van der Waals surface area (Å²) in [5.41, 5.74) is 3.18. The van der Waals surface area contributed by atoms with Gasteiger partial charge in [-0.15, -0.1) is 0 Å². The van der Waals surface area contributed by atoms with Gasteiger partial charge in [-0.3, -0.25) is 0 Å². The van der Waals surface area contributed by atoms with E-state index in [2.05, 4.69) is 52.2 Å². The van der Waals surface area contributed by atoms with Gasteiger partial charge < -0.3 is 19.0 Å². The van der Waals surface area contributed by atoms with Crippen LogP contribution < -0.4 is 9.64 Å². The van der Waals surface area contributed by atoms with Gasteiger partial charge in [0.15, 0.2) is 12.4 Å². The number of aryl methyl sites for hydroxylation is 1. The number of hydrogen-bond donors (Lipinski definition) is 0. The highest BCUT2D eigenvalue weighted by atomic mass is 16.5.